The molecule has 1 aromatic carbocycles. The number of ether oxygens (including phenoxy) is 2. The van der Waals surface area contributed by atoms with Crippen LogP contribution in [-0.2, 0) is 12.0 Å². The van der Waals surface area contributed by atoms with Crippen molar-refractivity contribution in [3.8, 4) is 11.5 Å². The van der Waals surface area contributed by atoms with Gasteiger partial charge >= 0.3 is 0 Å². The predicted molar refractivity (Wildman–Crippen MR) is 69.3 cm³/mol. The van der Waals surface area contributed by atoms with Crippen molar-refractivity contribution in [2.45, 2.75) is 37.6 Å². The molecule has 1 spiro atoms. The van der Waals surface area contributed by atoms with E-state index in [9.17, 15) is 0 Å². The highest BCUT2D eigenvalue weighted by atomic mass is 16.6. The van der Waals surface area contributed by atoms with Gasteiger partial charge in [0.25, 0.3) is 0 Å². The predicted octanol–water partition coefficient (Wildman–Crippen LogP) is 2.37. The van der Waals surface area contributed by atoms with Crippen LogP contribution < -0.4 is 14.8 Å². The van der Waals surface area contributed by atoms with Gasteiger partial charge in [-0.25, -0.2) is 0 Å². The van der Waals surface area contributed by atoms with Gasteiger partial charge in [-0.2, -0.15) is 0 Å². The molecule has 0 aromatic heterocycles. The first-order valence-corrected chi connectivity index (χ1v) is 7.01. The van der Waals surface area contributed by atoms with Crippen molar-refractivity contribution in [2.75, 3.05) is 19.8 Å². The molecule has 0 amide bonds. The van der Waals surface area contributed by atoms with Crippen molar-refractivity contribution in [3.05, 3.63) is 23.3 Å². The van der Waals surface area contributed by atoms with Gasteiger partial charge in [-0.3, -0.25) is 0 Å². The monoisotopic (exact) mass is 245 g/mol. The van der Waals surface area contributed by atoms with Crippen molar-refractivity contribution in [1.29, 1.82) is 0 Å². The SMILES string of the molecule is c1c2c(cc3c1OCCO3)C1(CCCC1)CNC2. The average molecular weight is 245 g/mol. The molecule has 0 bridgehead atoms. The Bertz CT molecular complexity index is 478. The molecule has 0 radical (unpaired) electrons. The van der Waals surface area contributed by atoms with Crippen LogP contribution in [0, 0.1) is 0 Å². The minimum absolute atomic E-state index is 0.365. The fourth-order valence-electron chi connectivity index (χ4n) is 3.80. The molecule has 3 aliphatic rings. The summed E-state index contributed by atoms with van der Waals surface area (Å²) < 4.78 is 11.4. The first-order chi connectivity index (χ1) is 8.87. The molecule has 18 heavy (non-hydrogen) atoms. The van der Waals surface area contributed by atoms with E-state index >= 15 is 0 Å². The van der Waals surface area contributed by atoms with Gasteiger partial charge in [-0.1, -0.05) is 12.8 Å². The second-order valence-electron chi connectivity index (χ2n) is 5.74. The Morgan fingerprint density at radius 1 is 1.00 bits per heavy atom. The zero-order valence-corrected chi connectivity index (χ0v) is 10.6. The summed E-state index contributed by atoms with van der Waals surface area (Å²) >= 11 is 0. The van der Waals surface area contributed by atoms with Crippen LogP contribution in [0.2, 0.25) is 0 Å². The van der Waals surface area contributed by atoms with Crippen molar-refractivity contribution in [3.63, 3.8) is 0 Å². The van der Waals surface area contributed by atoms with E-state index < -0.39 is 0 Å². The van der Waals surface area contributed by atoms with E-state index in [-0.39, 0.29) is 0 Å². The lowest BCUT2D eigenvalue weighted by molar-refractivity contribution is 0.170. The maximum Gasteiger partial charge on any atom is 0.161 e. The van der Waals surface area contributed by atoms with Crippen LogP contribution in [0.4, 0.5) is 0 Å². The number of rotatable bonds is 0. The van der Waals surface area contributed by atoms with Crippen molar-refractivity contribution in [1.82, 2.24) is 5.32 Å². The molecule has 0 atom stereocenters. The fraction of sp³-hybridized carbons (Fsp3) is 0.600. The molecule has 2 heterocycles. The number of nitrogens with one attached hydrogen (secondary N) is 1. The van der Waals surface area contributed by atoms with Crippen molar-refractivity contribution in [2.24, 2.45) is 0 Å². The summed E-state index contributed by atoms with van der Waals surface area (Å²) in [6.07, 6.45) is 5.34. The van der Waals surface area contributed by atoms with E-state index in [1.807, 2.05) is 0 Å². The smallest absolute Gasteiger partial charge is 0.161 e. The van der Waals surface area contributed by atoms with E-state index in [0.29, 0.717) is 18.6 Å². The third kappa shape index (κ3) is 1.46. The molecular formula is C15H19NO2. The van der Waals surface area contributed by atoms with Crippen LogP contribution in [0.5, 0.6) is 11.5 Å². The van der Waals surface area contributed by atoms with Crippen molar-refractivity contribution >= 4 is 0 Å². The van der Waals surface area contributed by atoms with E-state index in [4.69, 9.17) is 9.47 Å². The van der Waals surface area contributed by atoms with Crippen LogP contribution in [0.25, 0.3) is 0 Å². The van der Waals surface area contributed by atoms with Crippen LogP contribution in [0.1, 0.15) is 36.8 Å². The Labute approximate surface area is 107 Å². The first kappa shape index (κ1) is 10.7. The first-order valence-electron chi connectivity index (χ1n) is 7.01. The number of hydrogen-bond acceptors (Lipinski definition) is 3. The Balaban J connectivity index is 1.84. The largest absolute Gasteiger partial charge is 0.486 e. The molecule has 1 saturated carbocycles. The van der Waals surface area contributed by atoms with Gasteiger partial charge in [-0.05, 0) is 36.1 Å². The fourth-order valence-corrected chi connectivity index (χ4v) is 3.80. The molecule has 1 fully saturated rings. The highest BCUT2D eigenvalue weighted by molar-refractivity contribution is 5.52. The van der Waals surface area contributed by atoms with E-state index in [1.54, 1.807) is 0 Å². The molecule has 96 valence electrons. The number of benzene rings is 1. The van der Waals surface area contributed by atoms with Crippen LogP contribution in [-0.4, -0.2) is 19.8 Å². The topological polar surface area (TPSA) is 30.5 Å². The zero-order chi connectivity index (χ0) is 12.0. The summed E-state index contributed by atoms with van der Waals surface area (Å²) in [5, 5.41) is 3.58. The molecule has 1 aliphatic carbocycles. The van der Waals surface area contributed by atoms with Crippen LogP contribution in [0.3, 0.4) is 0 Å². The summed E-state index contributed by atoms with van der Waals surface area (Å²) in [5.74, 6) is 1.88. The third-order valence-corrected chi connectivity index (χ3v) is 4.68. The lowest BCUT2D eigenvalue weighted by Crippen LogP contribution is -2.41. The summed E-state index contributed by atoms with van der Waals surface area (Å²) in [4.78, 5) is 0. The third-order valence-electron chi connectivity index (χ3n) is 4.68. The maximum absolute atomic E-state index is 5.75. The lowest BCUT2D eigenvalue weighted by Gasteiger charge is -2.37. The summed E-state index contributed by atoms with van der Waals surface area (Å²) in [5.41, 5.74) is 3.29. The second-order valence-corrected chi connectivity index (χ2v) is 5.74. The minimum Gasteiger partial charge on any atom is -0.486 e. The second kappa shape index (κ2) is 3.89. The average Bonchev–Trinajstić information content (AvgIpc) is 2.87. The molecule has 0 saturated heterocycles. The van der Waals surface area contributed by atoms with E-state index in [2.05, 4.69) is 17.4 Å². The highest BCUT2D eigenvalue weighted by Crippen LogP contribution is 2.47. The molecule has 3 nitrogen and oxygen atoms in total. The summed E-state index contributed by atoms with van der Waals surface area (Å²) in [6.45, 7) is 3.44. The van der Waals surface area contributed by atoms with Crippen LogP contribution in [0.15, 0.2) is 12.1 Å². The Kier molecular flexibility index (Phi) is 2.31. The van der Waals surface area contributed by atoms with Gasteiger partial charge in [0.15, 0.2) is 11.5 Å². The van der Waals surface area contributed by atoms with E-state index in [1.165, 1.54) is 36.8 Å². The summed E-state index contributed by atoms with van der Waals surface area (Å²) in [7, 11) is 0. The van der Waals surface area contributed by atoms with Gasteiger partial charge in [-0.15, -0.1) is 0 Å². The molecule has 3 heteroatoms. The highest BCUT2D eigenvalue weighted by Gasteiger charge is 2.40. The Hall–Kier alpha value is -1.22. The lowest BCUT2D eigenvalue weighted by atomic mass is 9.74. The minimum atomic E-state index is 0.365. The number of hydrogen-bond donors (Lipinski definition) is 1. The number of fused-ring (bicyclic) bond motifs is 3. The van der Waals surface area contributed by atoms with Gasteiger partial charge in [0, 0.05) is 18.5 Å². The van der Waals surface area contributed by atoms with Gasteiger partial charge < -0.3 is 14.8 Å². The Morgan fingerprint density at radius 2 is 1.72 bits per heavy atom. The summed E-state index contributed by atoms with van der Waals surface area (Å²) in [6, 6.07) is 4.45. The zero-order valence-electron chi connectivity index (χ0n) is 10.6. The van der Waals surface area contributed by atoms with Crippen molar-refractivity contribution < 1.29 is 9.47 Å². The van der Waals surface area contributed by atoms with Crippen LogP contribution >= 0.6 is 0 Å². The molecule has 0 unspecified atom stereocenters. The molecular weight excluding hydrogens is 226 g/mol. The Morgan fingerprint density at radius 3 is 2.50 bits per heavy atom. The van der Waals surface area contributed by atoms with E-state index in [0.717, 1.165) is 24.6 Å². The standard InChI is InChI=1S/C15H19NO2/c1-2-4-15(3-1)10-16-9-11-7-13-14(8-12(11)15)18-6-5-17-13/h7-8,16H,1-6,9-10H2. The van der Waals surface area contributed by atoms with Gasteiger partial charge in [0.2, 0.25) is 0 Å². The maximum atomic E-state index is 5.75. The molecule has 1 N–H and O–H groups in total. The molecule has 2 aliphatic heterocycles. The quantitative estimate of drug-likeness (QED) is 0.761. The molecule has 1 aromatic rings. The normalized spacial score (nSPS) is 24.0. The van der Waals surface area contributed by atoms with Gasteiger partial charge in [0.05, 0.1) is 0 Å². The van der Waals surface area contributed by atoms with Gasteiger partial charge in [0.1, 0.15) is 13.2 Å². The molecule has 4 rings (SSSR count).